The molecule has 29 heavy (non-hydrogen) atoms. The summed E-state index contributed by atoms with van der Waals surface area (Å²) in [5.41, 5.74) is 3.12. The summed E-state index contributed by atoms with van der Waals surface area (Å²) in [6.07, 6.45) is 8.82. The van der Waals surface area contributed by atoms with Gasteiger partial charge in [-0.2, -0.15) is 0 Å². The number of nitrogens with zero attached hydrogens (tertiary/aromatic N) is 4. The summed E-state index contributed by atoms with van der Waals surface area (Å²) in [7, 11) is 2.18. The number of anilines is 1. The Balaban J connectivity index is 1.43. The zero-order valence-corrected chi connectivity index (χ0v) is 18.1. The van der Waals surface area contributed by atoms with E-state index in [1.807, 2.05) is 25.4 Å². The third-order valence-electron chi connectivity index (χ3n) is 6.76. The number of aromatic nitrogens is 2. The van der Waals surface area contributed by atoms with E-state index >= 15 is 0 Å². The van der Waals surface area contributed by atoms with Gasteiger partial charge in [0.2, 0.25) is 0 Å². The molecule has 2 saturated heterocycles. The lowest BCUT2D eigenvalue weighted by Gasteiger charge is -2.38. The summed E-state index contributed by atoms with van der Waals surface area (Å²) in [5, 5.41) is 1.17. The van der Waals surface area contributed by atoms with Crippen molar-refractivity contribution in [1.29, 1.82) is 0 Å². The molecule has 0 radical (unpaired) electrons. The minimum Gasteiger partial charge on any atom is -0.369 e. The molecule has 2 aromatic heterocycles. The average molecular weight is 395 g/mol. The molecular weight excluding hydrogens is 360 g/mol. The molecule has 2 aliphatic heterocycles. The topological polar surface area (TPSA) is 49.3 Å². The first-order chi connectivity index (χ1) is 14.0. The molecule has 0 bridgehead atoms. The number of ketones is 1. The maximum Gasteiger partial charge on any atom is 0.133 e. The van der Waals surface area contributed by atoms with Crippen molar-refractivity contribution >= 4 is 22.4 Å². The Bertz CT molecular complexity index is 859. The van der Waals surface area contributed by atoms with Crippen LogP contribution in [0.15, 0.2) is 24.5 Å². The summed E-state index contributed by atoms with van der Waals surface area (Å²) in [4.78, 5) is 26.8. The predicted molar refractivity (Wildman–Crippen MR) is 118 cm³/mol. The fourth-order valence-electron chi connectivity index (χ4n) is 5.26. The summed E-state index contributed by atoms with van der Waals surface area (Å²) in [5.74, 6) is 2.07. The van der Waals surface area contributed by atoms with E-state index in [1.54, 1.807) is 0 Å². The number of aryl methyl sites for hydroxylation is 1. The lowest BCUT2D eigenvalue weighted by molar-refractivity contribution is -0.121. The van der Waals surface area contributed by atoms with Crippen molar-refractivity contribution in [2.45, 2.75) is 46.0 Å². The second-order valence-corrected chi connectivity index (χ2v) is 9.43. The SMILES string of the molecule is Cc1ncc(N2C[C@@H](C)C[C@@H](CC(=O)CC3CCN(C)CC3)C2)c2cccnc12. The van der Waals surface area contributed by atoms with Crippen molar-refractivity contribution in [2.75, 3.05) is 38.1 Å². The van der Waals surface area contributed by atoms with Crippen molar-refractivity contribution < 1.29 is 4.79 Å². The van der Waals surface area contributed by atoms with Crippen LogP contribution in [0.3, 0.4) is 0 Å². The van der Waals surface area contributed by atoms with Crippen molar-refractivity contribution in [3.63, 3.8) is 0 Å². The van der Waals surface area contributed by atoms with E-state index in [0.29, 0.717) is 23.5 Å². The number of pyridine rings is 2. The number of hydrogen-bond acceptors (Lipinski definition) is 5. The zero-order valence-electron chi connectivity index (χ0n) is 18.1. The molecular formula is C24H34N4O. The van der Waals surface area contributed by atoms with E-state index < -0.39 is 0 Å². The highest BCUT2D eigenvalue weighted by molar-refractivity contribution is 5.92. The minimum absolute atomic E-state index is 0.436. The second kappa shape index (κ2) is 8.78. The van der Waals surface area contributed by atoms with Crippen LogP contribution in [0.1, 0.15) is 44.7 Å². The molecule has 0 N–H and O–H groups in total. The van der Waals surface area contributed by atoms with E-state index in [4.69, 9.17) is 0 Å². The van der Waals surface area contributed by atoms with Gasteiger partial charge in [-0.3, -0.25) is 14.8 Å². The first-order valence-electron chi connectivity index (χ1n) is 11.1. The molecule has 4 rings (SSSR count). The van der Waals surface area contributed by atoms with Crippen molar-refractivity contribution in [1.82, 2.24) is 14.9 Å². The van der Waals surface area contributed by atoms with E-state index in [2.05, 4.69) is 39.8 Å². The smallest absolute Gasteiger partial charge is 0.133 e. The van der Waals surface area contributed by atoms with E-state index in [0.717, 1.165) is 62.3 Å². The molecule has 4 heterocycles. The van der Waals surface area contributed by atoms with Gasteiger partial charge >= 0.3 is 0 Å². The Morgan fingerprint density at radius 1 is 1.14 bits per heavy atom. The molecule has 0 amide bonds. The molecule has 2 fully saturated rings. The quantitative estimate of drug-likeness (QED) is 0.764. The van der Waals surface area contributed by atoms with Crippen LogP contribution in [-0.2, 0) is 4.79 Å². The van der Waals surface area contributed by atoms with Gasteiger partial charge in [-0.1, -0.05) is 6.92 Å². The molecule has 0 unspecified atom stereocenters. The second-order valence-electron chi connectivity index (χ2n) is 9.43. The monoisotopic (exact) mass is 394 g/mol. The summed E-state index contributed by atoms with van der Waals surface area (Å²) in [6, 6.07) is 4.15. The third-order valence-corrected chi connectivity index (χ3v) is 6.76. The van der Waals surface area contributed by atoms with Crippen LogP contribution >= 0.6 is 0 Å². The van der Waals surface area contributed by atoms with Gasteiger partial charge in [0.15, 0.2) is 0 Å². The molecule has 5 nitrogen and oxygen atoms in total. The lowest BCUT2D eigenvalue weighted by Crippen LogP contribution is -2.40. The number of piperidine rings is 2. The maximum atomic E-state index is 12.8. The zero-order chi connectivity index (χ0) is 20.4. The average Bonchev–Trinajstić information content (AvgIpc) is 2.70. The third kappa shape index (κ3) is 4.77. The van der Waals surface area contributed by atoms with Gasteiger partial charge in [-0.25, -0.2) is 0 Å². The fraction of sp³-hybridized carbons (Fsp3) is 0.625. The number of fused-ring (bicyclic) bond motifs is 1. The number of likely N-dealkylation sites (tertiary alicyclic amines) is 1. The van der Waals surface area contributed by atoms with Crippen molar-refractivity contribution in [3.8, 4) is 0 Å². The highest BCUT2D eigenvalue weighted by Gasteiger charge is 2.29. The Labute approximate surface area is 174 Å². The predicted octanol–water partition coefficient (Wildman–Crippen LogP) is 4.09. The van der Waals surface area contributed by atoms with Crippen molar-refractivity contribution in [3.05, 3.63) is 30.2 Å². The van der Waals surface area contributed by atoms with Gasteiger partial charge in [0.05, 0.1) is 23.1 Å². The largest absolute Gasteiger partial charge is 0.369 e. The first-order valence-corrected chi connectivity index (χ1v) is 11.1. The lowest BCUT2D eigenvalue weighted by atomic mass is 9.84. The Hall–Kier alpha value is -2.01. The number of carbonyl (C=O) groups is 1. The molecule has 0 aromatic carbocycles. The van der Waals surface area contributed by atoms with Gasteiger partial charge < -0.3 is 9.80 Å². The normalized spacial score (nSPS) is 24.2. The summed E-state index contributed by atoms with van der Waals surface area (Å²) < 4.78 is 0. The van der Waals surface area contributed by atoms with Crippen LogP contribution in [0.25, 0.3) is 10.9 Å². The van der Waals surface area contributed by atoms with E-state index in [9.17, 15) is 4.79 Å². The van der Waals surface area contributed by atoms with Crippen LogP contribution in [0.4, 0.5) is 5.69 Å². The van der Waals surface area contributed by atoms with Crippen LogP contribution < -0.4 is 4.90 Å². The Morgan fingerprint density at radius 3 is 2.69 bits per heavy atom. The van der Waals surface area contributed by atoms with Crippen molar-refractivity contribution in [2.24, 2.45) is 17.8 Å². The maximum absolute atomic E-state index is 12.8. The van der Waals surface area contributed by atoms with Crippen LogP contribution in [0.5, 0.6) is 0 Å². The Kier molecular flexibility index (Phi) is 6.14. The van der Waals surface area contributed by atoms with Gasteiger partial charge in [0.25, 0.3) is 0 Å². The highest BCUT2D eigenvalue weighted by Crippen LogP contribution is 2.33. The van der Waals surface area contributed by atoms with Crippen LogP contribution in [0, 0.1) is 24.7 Å². The van der Waals surface area contributed by atoms with Gasteiger partial charge in [0, 0.05) is 37.5 Å². The van der Waals surface area contributed by atoms with Crippen LogP contribution in [-0.4, -0.2) is 53.9 Å². The van der Waals surface area contributed by atoms with Crippen LogP contribution in [0.2, 0.25) is 0 Å². The molecule has 0 aliphatic carbocycles. The summed E-state index contributed by atoms with van der Waals surface area (Å²) >= 11 is 0. The standard InChI is InChI=1S/C24H34N4O/c1-17-11-20(13-21(29)12-19-6-9-27(3)10-7-19)16-28(15-17)23-14-26-18(2)24-22(23)5-4-8-25-24/h4-5,8,14,17,19-20H,6-7,9-13,15-16H2,1-3H3/t17-,20-/m0/s1. The number of Topliss-reactive ketones (excluding diaryl/α,β-unsaturated/α-hetero) is 1. The molecule has 2 atom stereocenters. The first kappa shape index (κ1) is 20.3. The minimum atomic E-state index is 0.436. The van der Waals surface area contributed by atoms with Gasteiger partial charge in [0.1, 0.15) is 5.78 Å². The number of rotatable bonds is 5. The van der Waals surface area contributed by atoms with Gasteiger partial charge in [-0.15, -0.1) is 0 Å². The molecule has 0 saturated carbocycles. The molecule has 0 spiro atoms. The number of carbonyl (C=O) groups excluding carboxylic acids is 1. The van der Waals surface area contributed by atoms with E-state index in [1.165, 1.54) is 18.2 Å². The highest BCUT2D eigenvalue weighted by atomic mass is 16.1. The number of hydrogen-bond donors (Lipinski definition) is 0. The summed E-state index contributed by atoms with van der Waals surface area (Å²) in [6.45, 7) is 8.55. The fourth-order valence-corrected chi connectivity index (χ4v) is 5.26. The Morgan fingerprint density at radius 2 is 1.90 bits per heavy atom. The van der Waals surface area contributed by atoms with Gasteiger partial charge in [-0.05, 0) is 76.2 Å². The molecule has 2 aliphatic rings. The molecule has 5 heteroatoms. The molecule has 156 valence electrons. The molecule has 2 aromatic rings. The van der Waals surface area contributed by atoms with E-state index in [-0.39, 0.29) is 0 Å².